The summed E-state index contributed by atoms with van der Waals surface area (Å²) in [5.74, 6) is -1.15. The summed E-state index contributed by atoms with van der Waals surface area (Å²) in [5.41, 5.74) is 0. The lowest BCUT2D eigenvalue weighted by Gasteiger charge is -2.28. The molecular formula is C9H10IN2O4. The zero-order valence-corrected chi connectivity index (χ0v) is 10.6. The van der Waals surface area contributed by atoms with Gasteiger partial charge in [-0.1, -0.05) is 22.6 Å². The van der Waals surface area contributed by atoms with E-state index in [1.807, 2.05) is 22.6 Å². The summed E-state index contributed by atoms with van der Waals surface area (Å²) in [6.45, 7) is 0.0167. The average Bonchev–Trinajstić information content (AvgIpc) is 2.60. The smallest absolute Gasteiger partial charge is 0.251 e. The minimum atomic E-state index is -0.394. The first-order valence-corrected chi connectivity index (χ1v) is 6.21. The Morgan fingerprint density at radius 3 is 2.38 bits per heavy atom. The maximum Gasteiger partial charge on any atom is 0.251 e. The summed E-state index contributed by atoms with van der Waals surface area (Å²) in [5, 5.41) is 1.88. The summed E-state index contributed by atoms with van der Waals surface area (Å²) in [4.78, 5) is 44.5. The second kappa shape index (κ2) is 5.92. The highest BCUT2D eigenvalue weighted by Gasteiger charge is 2.35. The van der Waals surface area contributed by atoms with Crippen molar-refractivity contribution >= 4 is 46.6 Å². The monoisotopic (exact) mass is 337 g/mol. The predicted molar refractivity (Wildman–Crippen MR) is 62.0 cm³/mol. The highest BCUT2D eigenvalue weighted by atomic mass is 127. The summed E-state index contributed by atoms with van der Waals surface area (Å²) in [6.07, 6.45) is 1.86. The molecule has 1 fully saturated rings. The molecular weight excluding hydrogens is 327 g/mol. The minimum Gasteiger partial charge on any atom is -0.291 e. The van der Waals surface area contributed by atoms with Gasteiger partial charge in [-0.2, -0.15) is 5.01 Å². The molecule has 1 rings (SSSR count). The second-order valence-corrected chi connectivity index (χ2v) is 3.91. The van der Waals surface area contributed by atoms with Crippen LogP contribution in [0.3, 0.4) is 0 Å². The maximum atomic E-state index is 11.5. The number of hydrazine groups is 1. The fourth-order valence-electron chi connectivity index (χ4n) is 1.39. The molecule has 7 heteroatoms. The van der Waals surface area contributed by atoms with E-state index in [1.165, 1.54) is 0 Å². The van der Waals surface area contributed by atoms with E-state index in [4.69, 9.17) is 0 Å². The van der Waals surface area contributed by atoms with Gasteiger partial charge in [0.1, 0.15) is 0 Å². The highest BCUT2D eigenvalue weighted by Crippen LogP contribution is 2.15. The summed E-state index contributed by atoms with van der Waals surface area (Å²) < 4.78 is 0.147. The molecule has 3 amide bonds. The molecule has 0 aromatic carbocycles. The van der Waals surface area contributed by atoms with Crippen molar-refractivity contribution in [3.05, 3.63) is 0 Å². The summed E-state index contributed by atoms with van der Waals surface area (Å²) in [6, 6.07) is 0. The summed E-state index contributed by atoms with van der Waals surface area (Å²) >= 11 is 1.84. The van der Waals surface area contributed by atoms with Gasteiger partial charge >= 0.3 is 0 Å². The van der Waals surface area contributed by atoms with Crippen LogP contribution in [0.15, 0.2) is 0 Å². The SMILES string of the molecule is O=[C]CCN(C(=O)CI)N1C(=O)CCC1=O. The number of amides is 3. The van der Waals surface area contributed by atoms with E-state index in [1.54, 1.807) is 6.29 Å². The fraction of sp³-hybridized carbons (Fsp3) is 0.556. The number of alkyl halides is 1. The first kappa shape index (κ1) is 13.1. The van der Waals surface area contributed by atoms with Crippen molar-refractivity contribution in [3.8, 4) is 0 Å². The van der Waals surface area contributed by atoms with Crippen LogP contribution in [0, 0.1) is 0 Å². The molecule has 1 heterocycles. The molecule has 0 spiro atoms. The van der Waals surface area contributed by atoms with Crippen LogP contribution >= 0.6 is 22.6 Å². The lowest BCUT2D eigenvalue weighted by Crippen LogP contribution is -2.50. The Morgan fingerprint density at radius 1 is 1.38 bits per heavy atom. The predicted octanol–water partition coefficient (Wildman–Crippen LogP) is -0.186. The van der Waals surface area contributed by atoms with Gasteiger partial charge in [0.2, 0.25) is 11.8 Å². The van der Waals surface area contributed by atoms with E-state index >= 15 is 0 Å². The van der Waals surface area contributed by atoms with E-state index in [0.717, 1.165) is 10.0 Å². The number of carbonyl (C=O) groups excluding carboxylic acids is 4. The van der Waals surface area contributed by atoms with Gasteiger partial charge < -0.3 is 0 Å². The highest BCUT2D eigenvalue weighted by molar-refractivity contribution is 14.1. The lowest BCUT2D eigenvalue weighted by molar-refractivity contribution is -0.166. The molecule has 1 aliphatic heterocycles. The Labute approximate surface area is 106 Å². The second-order valence-electron chi connectivity index (χ2n) is 3.14. The molecule has 0 aromatic rings. The fourth-order valence-corrected chi connectivity index (χ4v) is 1.78. The van der Waals surface area contributed by atoms with E-state index in [0.29, 0.717) is 0 Å². The first-order valence-electron chi connectivity index (χ1n) is 4.69. The van der Waals surface area contributed by atoms with E-state index in [-0.39, 0.29) is 36.1 Å². The van der Waals surface area contributed by atoms with Crippen molar-refractivity contribution in [3.63, 3.8) is 0 Å². The number of halogens is 1. The van der Waals surface area contributed by atoms with Crippen LogP contribution in [0.4, 0.5) is 0 Å². The number of carbonyl (C=O) groups is 3. The number of imide groups is 1. The third-order valence-corrected chi connectivity index (χ3v) is 2.75. The van der Waals surface area contributed by atoms with Crippen LogP contribution in [0.2, 0.25) is 0 Å². The molecule has 1 saturated heterocycles. The quantitative estimate of drug-likeness (QED) is 0.396. The molecule has 1 aliphatic rings. The van der Waals surface area contributed by atoms with Gasteiger partial charge in [0.15, 0.2) is 6.29 Å². The van der Waals surface area contributed by atoms with Crippen molar-refractivity contribution in [2.45, 2.75) is 19.3 Å². The molecule has 0 N–H and O–H groups in total. The van der Waals surface area contributed by atoms with Crippen molar-refractivity contribution in [2.24, 2.45) is 0 Å². The Morgan fingerprint density at radius 2 is 1.94 bits per heavy atom. The minimum absolute atomic E-state index is 0.0144. The number of nitrogens with zero attached hydrogens (tertiary/aromatic N) is 2. The molecule has 0 saturated carbocycles. The molecule has 87 valence electrons. The molecule has 1 radical (unpaired) electrons. The topological polar surface area (TPSA) is 74.8 Å². The number of rotatable bonds is 5. The van der Waals surface area contributed by atoms with Gasteiger partial charge in [-0.25, -0.2) is 5.01 Å². The van der Waals surface area contributed by atoms with Gasteiger partial charge in [0.05, 0.1) is 11.0 Å². The van der Waals surface area contributed by atoms with Crippen molar-refractivity contribution in [2.75, 3.05) is 11.0 Å². The first-order chi connectivity index (χ1) is 7.61. The van der Waals surface area contributed by atoms with Crippen LogP contribution in [0.5, 0.6) is 0 Å². The van der Waals surface area contributed by atoms with Crippen LogP contribution in [0.25, 0.3) is 0 Å². The van der Waals surface area contributed by atoms with Gasteiger partial charge in [-0.15, -0.1) is 0 Å². The molecule has 6 nitrogen and oxygen atoms in total. The third kappa shape index (κ3) is 2.77. The van der Waals surface area contributed by atoms with Crippen LogP contribution in [0.1, 0.15) is 19.3 Å². The van der Waals surface area contributed by atoms with E-state index in [9.17, 15) is 19.2 Å². The maximum absolute atomic E-state index is 11.5. The summed E-state index contributed by atoms with van der Waals surface area (Å²) in [7, 11) is 0. The van der Waals surface area contributed by atoms with Crippen LogP contribution in [-0.2, 0) is 19.2 Å². The molecule has 0 atom stereocenters. The Kier molecular flexibility index (Phi) is 4.84. The van der Waals surface area contributed by atoms with Crippen LogP contribution < -0.4 is 0 Å². The van der Waals surface area contributed by atoms with Crippen LogP contribution in [-0.4, -0.2) is 45.0 Å². The third-order valence-electron chi connectivity index (χ3n) is 2.09. The van der Waals surface area contributed by atoms with Gasteiger partial charge in [-0.3, -0.25) is 19.2 Å². The molecule has 16 heavy (non-hydrogen) atoms. The van der Waals surface area contributed by atoms with Crippen molar-refractivity contribution in [1.82, 2.24) is 10.0 Å². The normalized spacial score (nSPS) is 15.4. The lowest BCUT2D eigenvalue weighted by atomic mass is 10.4. The number of hydrogen-bond donors (Lipinski definition) is 0. The zero-order chi connectivity index (χ0) is 12.1. The molecule has 0 aromatic heterocycles. The molecule has 0 unspecified atom stereocenters. The standard InChI is InChI=1S/C9H10IN2O4/c10-6-9(16)11(4-1-5-13)12-7(14)2-3-8(12)15/h1-4,6H2. The van der Waals surface area contributed by atoms with Gasteiger partial charge in [-0.05, 0) is 0 Å². The average molecular weight is 337 g/mol. The largest absolute Gasteiger partial charge is 0.291 e. The molecule has 0 bridgehead atoms. The van der Waals surface area contributed by atoms with Crippen molar-refractivity contribution in [1.29, 1.82) is 0 Å². The Balaban J connectivity index is 2.82. The molecule has 0 aliphatic carbocycles. The van der Waals surface area contributed by atoms with Gasteiger partial charge in [0, 0.05) is 19.3 Å². The van der Waals surface area contributed by atoms with E-state index < -0.39 is 11.8 Å². The Hall–Kier alpha value is -0.990. The number of hydrogen-bond acceptors (Lipinski definition) is 4. The van der Waals surface area contributed by atoms with Gasteiger partial charge in [0.25, 0.3) is 5.91 Å². The van der Waals surface area contributed by atoms with Crippen molar-refractivity contribution < 1.29 is 19.2 Å². The zero-order valence-electron chi connectivity index (χ0n) is 8.44. The van der Waals surface area contributed by atoms with E-state index in [2.05, 4.69) is 0 Å². The Bertz CT molecular complexity index is 315.